The second-order valence-electron chi connectivity index (χ2n) is 4.94. The Morgan fingerprint density at radius 3 is 2.37 bits per heavy atom. The molecule has 1 aromatic carbocycles. The molecule has 0 saturated carbocycles. The molecule has 1 aliphatic rings. The van der Waals surface area contributed by atoms with Crippen LogP contribution in [0.5, 0.6) is 0 Å². The van der Waals surface area contributed by atoms with Crippen molar-refractivity contribution in [1.29, 1.82) is 0 Å². The molecule has 1 aromatic rings. The molecule has 1 heterocycles. The maximum absolute atomic E-state index is 12.7. The van der Waals surface area contributed by atoms with E-state index in [4.69, 9.17) is 0 Å². The molecule has 0 aliphatic carbocycles. The molecule has 1 saturated heterocycles. The Labute approximate surface area is 111 Å². The fourth-order valence-electron chi connectivity index (χ4n) is 2.07. The molecule has 0 unspecified atom stereocenters. The van der Waals surface area contributed by atoms with Gasteiger partial charge in [-0.2, -0.15) is 0 Å². The number of amides is 2. The predicted molar refractivity (Wildman–Crippen MR) is 70.0 cm³/mol. The van der Waals surface area contributed by atoms with Gasteiger partial charge in [0.05, 0.1) is 0 Å². The Hall–Kier alpha value is -1.91. The smallest absolute Gasteiger partial charge is 0.313 e. The Bertz CT molecular complexity index is 465. The van der Waals surface area contributed by atoms with E-state index in [9.17, 15) is 14.0 Å². The molecule has 19 heavy (non-hydrogen) atoms. The lowest BCUT2D eigenvalue weighted by Crippen LogP contribution is -2.43. The van der Waals surface area contributed by atoms with Gasteiger partial charge in [0.15, 0.2) is 0 Å². The number of rotatable bonds is 1. The molecule has 0 bridgehead atoms. The molecule has 2 amide bonds. The number of likely N-dealkylation sites (tertiary alicyclic amines) is 1. The zero-order valence-corrected chi connectivity index (χ0v) is 10.9. The number of hydrogen-bond donors (Lipinski definition) is 1. The standard InChI is InChI=1S/C14H17FN2O2/c1-10-6-8-17(9-7-10)14(19)13(18)16-12-4-2-11(15)3-5-12/h2-5,10H,6-9H2,1H3,(H,16,18). The van der Waals surface area contributed by atoms with Gasteiger partial charge in [-0.15, -0.1) is 0 Å². The summed E-state index contributed by atoms with van der Waals surface area (Å²) in [5, 5.41) is 2.48. The number of carbonyl (C=O) groups excluding carboxylic acids is 2. The van der Waals surface area contributed by atoms with Crippen LogP contribution in [0.3, 0.4) is 0 Å². The average Bonchev–Trinajstić information content (AvgIpc) is 2.41. The van der Waals surface area contributed by atoms with E-state index in [1.54, 1.807) is 4.90 Å². The van der Waals surface area contributed by atoms with Crippen molar-refractivity contribution in [2.75, 3.05) is 18.4 Å². The maximum Gasteiger partial charge on any atom is 0.313 e. The largest absolute Gasteiger partial charge is 0.334 e. The number of nitrogens with zero attached hydrogens (tertiary/aromatic N) is 1. The van der Waals surface area contributed by atoms with E-state index in [0.717, 1.165) is 12.8 Å². The molecule has 1 fully saturated rings. The third-order valence-corrected chi connectivity index (χ3v) is 3.37. The summed E-state index contributed by atoms with van der Waals surface area (Å²) < 4.78 is 12.7. The fraction of sp³-hybridized carbons (Fsp3) is 0.429. The van der Waals surface area contributed by atoms with E-state index >= 15 is 0 Å². The van der Waals surface area contributed by atoms with Crippen molar-refractivity contribution in [2.24, 2.45) is 5.92 Å². The van der Waals surface area contributed by atoms with Crippen molar-refractivity contribution in [3.63, 3.8) is 0 Å². The van der Waals surface area contributed by atoms with Crippen LogP contribution in [-0.4, -0.2) is 29.8 Å². The lowest BCUT2D eigenvalue weighted by Gasteiger charge is -2.29. The molecule has 0 aromatic heterocycles. The number of piperidine rings is 1. The van der Waals surface area contributed by atoms with Crippen molar-refractivity contribution >= 4 is 17.5 Å². The summed E-state index contributed by atoms with van der Waals surface area (Å²) in [6, 6.07) is 5.34. The molecular weight excluding hydrogens is 247 g/mol. The number of nitrogens with one attached hydrogen (secondary N) is 1. The quantitative estimate of drug-likeness (QED) is 0.789. The van der Waals surface area contributed by atoms with Crippen LogP contribution in [0.2, 0.25) is 0 Å². The minimum Gasteiger partial charge on any atom is -0.334 e. The molecule has 1 aliphatic heterocycles. The van der Waals surface area contributed by atoms with E-state index < -0.39 is 11.8 Å². The highest BCUT2D eigenvalue weighted by molar-refractivity contribution is 6.39. The molecule has 102 valence electrons. The Morgan fingerprint density at radius 1 is 1.21 bits per heavy atom. The third-order valence-electron chi connectivity index (χ3n) is 3.37. The summed E-state index contributed by atoms with van der Waals surface area (Å²) in [4.78, 5) is 25.3. The van der Waals surface area contributed by atoms with E-state index in [1.807, 2.05) is 0 Å². The van der Waals surface area contributed by atoms with Crippen molar-refractivity contribution in [3.05, 3.63) is 30.1 Å². The van der Waals surface area contributed by atoms with Gasteiger partial charge in [0.1, 0.15) is 5.82 Å². The molecule has 4 nitrogen and oxygen atoms in total. The highest BCUT2D eigenvalue weighted by Gasteiger charge is 2.25. The maximum atomic E-state index is 12.7. The Kier molecular flexibility index (Phi) is 4.14. The van der Waals surface area contributed by atoms with Gasteiger partial charge in [0, 0.05) is 18.8 Å². The van der Waals surface area contributed by atoms with Crippen molar-refractivity contribution < 1.29 is 14.0 Å². The summed E-state index contributed by atoms with van der Waals surface area (Å²) in [7, 11) is 0. The van der Waals surface area contributed by atoms with Crippen LogP contribution in [0.4, 0.5) is 10.1 Å². The van der Waals surface area contributed by atoms with Gasteiger partial charge in [-0.1, -0.05) is 6.92 Å². The topological polar surface area (TPSA) is 49.4 Å². The minimum absolute atomic E-state index is 0.380. The lowest BCUT2D eigenvalue weighted by molar-refractivity contribution is -0.144. The van der Waals surface area contributed by atoms with Crippen LogP contribution in [-0.2, 0) is 9.59 Å². The van der Waals surface area contributed by atoms with Gasteiger partial charge in [-0.25, -0.2) is 4.39 Å². The molecule has 5 heteroatoms. The Morgan fingerprint density at radius 2 is 1.79 bits per heavy atom. The van der Waals surface area contributed by atoms with E-state index in [1.165, 1.54) is 24.3 Å². The normalized spacial score (nSPS) is 16.2. The number of carbonyl (C=O) groups is 2. The van der Waals surface area contributed by atoms with Crippen LogP contribution in [0.15, 0.2) is 24.3 Å². The second kappa shape index (κ2) is 5.82. The number of hydrogen-bond acceptors (Lipinski definition) is 2. The van der Waals surface area contributed by atoms with Crippen molar-refractivity contribution in [1.82, 2.24) is 4.90 Å². The van der Waals surface area contributed by atoms with Gasteiger partial charge in [0.2, 0.25) is 0 Å². The van der Waals surface area contributed by atoms with Crippen LogP contribution in [0.1, 0.15) is 19.8 Å². The fourth-order valence-corrected chi connectivity index (χ4v) is 2.07. The lowest BCUT2D eigenvalue weighted by atomic mass is 9.99. The monoisotopic (exact) mass is 264 g/mol. The zero-order valence-electron chi connectivity index (χ0n) is 10.9. The van der Waals surface area contributed by atoms with Crippen LogP contribution in [0.25, 0.3) is 0 Å². The second-order valence-corrected chi connectivity index (χ2v) is 4.94. The molecule has 2 rings (SSSR count). The average molecular weight is 264 g/mol. The molecular formula is C14H17FN2O2. The van der Waals surface area contributed by atoms with E-state index in [-0.39, 0.29) is 5.82 Å². The first-order valence-corrected chi connectivity index (χ1v) is 6.42. The molecule has 0 spiro atoms. The van der Waals surface area contributed by atoms with Crippen LogP contribution < -0.4 is 5.32 Å². The van der Waals surface area contributed by atoms with E-state index in [0.29, 0.717) is 24.7 Å². The van der Waals surface area contributed by atoms with Crippen molar-refractivity contribution in [2.45, 2.75) is 19.8 Å². The summed E-state index contributed by atoms with van der Waals surface area (Å²) in [5.74, 6) is -0.962. The highest BCUT2D eigenvalue weighted by Crippen LogP contribution is 2.16. The summed E-state index contributed by atoms with van der Waals surface area (Å²) in [5.41, 5.74) is 0.421. The summed E-state index contributed by atoms with van der Waals surface area (Å²) >= 11 is 0. The van der Waals surface area contributed by atoms with Gasteiger partial charge in [0.25, 0.3) is 0 Å². The number of halogens is 1. The van der Waals surface area contributed by atoms with Gasteiger partial charge in [-0.3, -0.25) is 9.59 Å². The van der Waals surface area contributed by atoms with Gasteiger partial charge < -0.3 is 10.2 Å². The first-order valence-electron chi connectivity index (χ1n) is 6.42. The number of anilines is 1. The van der Waals surface area contributed by atoms with Crippen molar-refractivity contribution in [3.8, 4) is 0 Å². The van der Waals surface area contributed by atoms with Gasteiger partial charge in [-0.05, 0) is 43.0 Å². The van der Waals surface area contributed by atoms with Gasteiger partial charge >= 0.3 is 11.8 Å². The first-order chi connectivity index (χ1) is 9.06. The molecule has 1 N–H and O–H groups in total. The number of benzene rings is 1. The Balaban J connectivity index is 1.92. The summed E-state index contributed by atoms with van der Waals surface area (Å²) in [6.07, 6.45) is 1.85. The molecule has 0 radical (unpaired) electrons. The summed E-state index contributed by atoms with van der Waals surface area (Å²) in [6.45, 7) is 3.38. The van der Waals surface area contributed by atoms with Crippen LogP contribution >= 0.6 is 0 Å². The molecule has 0 atom stereocenters. The first kappa shape index (κ1) is 13.5. The predicted octanol–water partition coefficient (Wildman–Crippen LogP) is 2.02. The SMILES string of the molecule is CC1CCN(C(=O)C(=O)Nc2ccc(F)cc2)CC1. The highest BCUT2D eigenvalue weighted by atomic mass is 19.1. The van der Waals surface area contributed by atoms with E-state index in [2.05, 4.69) is 12.2 Å². The zero-order chi connectivity index (χ0) is 13.8. The minimum atomic E-state index is -0.666. The third kappa shape index (κ3) is 3.53. The van der Waals surface area contributed by atoms with Crippen LogP contribution in [0, 0.1) is 11.7 Å².